The van der Waals surface area contributed by atoms with Crippen LogP contribution in [-0.4, -0.2) is 36.5 Å². The van der Waals surface area contributed by atoms with Crippen LogP contribution in [0.15, 0.2) is 0 Å². The van der Waals surface area contributed by atoms with Crippen LogP contribution < -0.4 is 5.32 Å². The van der Waals surface area contributed by atoms with E-state index in [0.717, 1.165) is 11.5 Å². The highest BCUT2D eigenvalue weighted by Crippen LogP contribution is 2.05. The second kappa shape index (κ2) is 7.67. The van der Waals surface area contributed by atoms with Crippen molar-refractivity contribution >= 4 is 23.6 Å². The highest BCUT2D eigenvalue weighted by molar-refractivity contribution is 7.99. The maximum Gasteiger partial charge on any atom is 0.328 e. The molecule has 0 aromatic rings. The third kappa shape index (κ3) is 5.85. The van der Waals surface area contributed by atoms with E-state index in [1.807, 2.05) is 0 Å². The minimum atomic E-state index is -0.503. The zero-order chi connectivity index (χ0) is 11.0. The Hall–Kier alpha value is -0.710. The number of amides is 1. The van der Waals surface area contributed by atoms with E-state index in [0.29, 0.717) is 6.42 Å². The number of thioether (sulfide) groups is 1. The van der Waals surface area contributed by atoms with Crippen LogP contribution in [0.1, 0.15) is 20.3 Å². The van der Waals surface area contributed by atoms with Crippen LogP contribution in [0.4, 0.5) is 0 Å². The topological polar surface area (TPSA) is 55.4 Å². The molecule has 0 saturated heterocycles. The van der Waals surface area contributed by atoms with E-state index >= 15 is 0 Å². The van der Waals surface area contributed by atoms with E-state index in [2.05, 4.69) is 17.0 Å². The van der Waals surface area contributed by atoms with Gasteiger partial charge in [-0.05, 0) is 17.9 Å². The SMILES string of the molecule is CCSCC[C@H](NC(C)=O)C(=O)OC. The number of hydrogen-bond donors (Lipinski definition) is 1. The van der Waals surface area contributed by atoms with Crippen molar-refractivity contribution in [3.63, 3.8) is 0 Å². The lowest BCUT2D eigenvalue weighted by Gasteiger charge is -2.14. The molecule has 0 aliphatic rings. The number of ether oxygens (including phenoxy) is 1. The highest BCUT2D eigenvalue weighted by atomic mass is 32.2. The first-order valence-corrected chi connectivity index (χ1v) is 5.70. The van der Waals surface area contributed by atoms with Gasteiger partial charge >= 0.3 is 5.97 Å². The van der Waals surface area contributed by atoms with Crippen LogP contribution in [0.3, 0.4) is 0 Å². The van der Waals surface area contributed by atoms with Crippen molar-refractivity contribution in [1.29, 1.82) is 0 Å². The summed E-state index contributed by atoms with van der Waals surface area (Å²) in [5, 5.41) is 2.56. The van der Waals surface area contributed by atoms with Gasteiger partial charge in [0, 0.05) is 6.92 Å². The molecular weight excluding hydrogens is 202 g/mol. The predicted molar refractivity (Wildman–Crippen MR) is 57.2 cm³/mol. The van der Waals surface area contributed by atoms with Gasteiger partial charge in [0.2, 0.25) is 5.91 Å². The van der Waals surface area contributed by atoms with E-state index in [-0.39, 0.29) is 11.9 Å². The summed E-state index contributed by atoms with van der Waals surface area (Å²) in [6, 6.07) is -0.503. The molecule has 0 aromatic heterocycles. The summed E-state index contributed by atoms with van der Waals surface area (Å²) < 4.78 is 4.58. The molecule has 0 spiro atoms. The molecule has 0 aromatic carbocycles. The van der Waals surface area contributed by atoms with Crippen LogP contribution in [0.2, 0.25) is 0 Å². The first kappa shape index (κ1) is 13.3. The van der Waals surface area contributed by atoms with Gasteiger partial charge in [-0.1, -0.05) is 6.92 Å². The van der Waals surface area contributed by atoms with Crippen molar-refractivity contribution in [2.45, 2.75) is 26.3 Å². The Morgan fingerprint density at radius 3 is 2.57 bits per heavy atom. The number of carbonyl (C=O) groups is 2. The molecule has 0 fully saturated rings. The predicted octanol–water partition coefficient (Wildman–Crippen LogP) is 0.807. The number of methoxy groups -OCH3 is 1. The Morgan fingerprint density at radius 1 is 1.50 bits per heavy atom. The van der Waals surface area contributed by atoms with E-state index in [4.69, 9.17) is 0 Å². The van der Waals surface area contributed by atoms with Crippen LogP contribution in [0.5, 0.6) is 0 Å². The normalized spacial score (nSPS) is 11.9. The van der Waals surface area contributed by atoms with E-state index in [1.165, 1.54) is 14.0 Å². The monoisotopic (exact) mass is 219 g/mol. The molecule has 0 heterocycles. The quantitative estimate of drug-likeness (QED) is 0.530. The van der Waals surface area contributed by atoms with Crippen LogP contribution in [-0.2, 0) is 14.3 Å². The molecule has 0 unspecified atom stereocenters. The maximum atomic E-state index is 11.2. The van der Waals surface area contributed by atoms with Gasteiger partial charge in [-0.2, -0.15) is 11.8 Å². The van der Waals surface area contributed by atoms with Crippen molar-refractivity contribution in [3.05, 3.63) is 0 Å². The van der Waals surface area contributed by atoms with Crippen LogP contribution >= 0.6 is 11.8 Å². The van der Waals surface area contributed by atoms with Crippen LogP contribution in [0, 0.1) is 0 Å². The highest BCUT2D eigenvalue weighted by Gasteiger charge is 2.19. The van der Waals surface area contributed by atoms with Gasteiger partial charge in [-0.3, -0.25) is 4.79 Å². The van der Waals surface area contributed by atoms with E-state index in [1.54, 1.807) is 11.8 Å². The molecule has 14 heavy (non-hydrogen) atoms. The molecule has 0 aliphatic heterocycles. The number of rotatable bonds is 6. The fourth-order valence-electron chi connectivity index (χ4n) is 0.982. The molecule has 4 nitrogen and oxygen atoms in total. The second-order valence-corrected chi connectivity index (χ2v) is 4.16. The summed E-state index contributed by atoms with van der Waals surface area (Å²) in [5.74, 6) is 1.27. The maximum absolute atomic E-state index is 11.2. The summed E-state index contributed by atoms with van der Waals surface area (Å²) in [7, 11) is 1.32. The van der Waals surface area contributed by atoms with Gasteiger partial charge in [0.1, 0.15) is 6.04 Å². The van der Waals surface area contributed by atoms with Gasteiger partial charge < -0.3 is 10.1 Å². The van der Waals surface area contributed by atoms with Gasteiger partial charge in [0.15, 0.2) is 0 Å². The van der Waals surface area contributed by atoms with E-state index < -0.39 is 6.04 Å². The molecule has 1 amide bonds. The third-order valence-electron chi connectivity index (χ3n) is 1.62. The zero-order valence-electron chi connectivity index (χ0n) is 8.83. The largest absolute Gasteiger partial charge is 0.467 e. The third-order valence-corrected chi connectivity index (χ3v) is 2.55. The van der Waals surface area contributed by atoms with Gasteiger partial charge in [-0.15, -0.1) is 0 Å². The van der Waals surface area contributed by atoms with Crippen molar-refractivity contribution in [3.8, 4) is 0 Å². The Bertz CT molecular complexity index is 196. The Morgan fingerprint density at radius 2 is 2.14 bits per heavy atom. The summed E-state index contributed by atoms with van der Waals surface area (Å²) >= 11 is 1.73. The minimum absolute atomic E-state index is 0.207. The molecule has 0 radical (unpaired) electrons. The Kier molecular flexibility index (Phi) is 7.28. The Labute approximate surface area is 88.8 Å². The van der Waals surface area contributed by atoms with Crippen molar-refractivity contribution in [2.75, 3.05) is 18.6 Å². The number of nitrogens with one attached hydrogen (secondary N) is 1. The second-order valence-electron chi connectivity index (χ2n) is 2.76. The average Bonchev–Trinajstić information content (AvgIpc) is 2.15. The molecule has 82 valence electrons. The van der Waals surface area contributed by atoms with Crippen LogP contribution in [0.25, 0.3) is 0 Å². The Balaban J connectivity index is 3.97. The molecule has 0 rings (SSSR count). The summed E-state index contributed by atoms with van der Waals surface area (Å²) in [6.45, 7) is 3.44. The molecule has 1 N–H and O–H groups in total. The average molecular weight is 219 g/mol. The standard InChI is InChI=1S/C9H17NO3S/c1-4-14-6-5-8(9(12)13-3)10-7(2)11/h8H,4-6H2,1-3H3,(H,10,11)/t8-/m0/s1. The summed E-state index contributed by atoms with van der Waals surface area (Å²) in [5.41, 5.74) is 0. The molecule has 5 heteroatoms. The van der Waals surface area contributed by atoms with Gasteiger partial charge in [0.05, 0.1) is 7.11 Å². The number of hydrogen-bond acceptors (Lipinski definition) is 4. The molecule has 0 aliphatic carbocycles. The molecule has 0 saturated carbocycles. The lowest BCUT2D eigenvalue weighted by Crippen LogP contribution is -2.40. The fraction of sp³-hybridized carbons (Fsp3) is 0.778. The lowest BCUT2D eigenvalue weighted by atomic mass is 10.2. The number of carbonyl (C=O) groups excluding carboxylic acids is 2. The molecule has 1 atom stereocenters. The van der Waals surface area contributed by atoms with Crippen molar-refractivity contribution in [2.24, 2.45) is 0 Å². The number of esters is 1. The van der Waals surface area contributed by atoms with Gasteiger partial charge in [0.25, 0.3) is 0 Å². The first-order valence-electron chi connectivity index (χ1n) is 4.54. The fourth-order valence-corrected chi connectivity index (χ4v) is 1.67. The van der Waals surface area contributed by atoms with Gasteiger partial charge in [-0.25, -0.2) is 4.79 Å². The molecular formula is C9H17NO3S. The smallest absolute Gasteiger partial charge is 0.328 e. The summed E-state index contributed by atoms with van der Waals surface area (Å²) in [6.07, 6.45) is 0.616. The zero-order valence-corrected chi connectivity index (χ0v) is 9.65. The first-order chi connectivity index (χ1) is 6.61. The van der Waals surface area contributed by atoms with E-state index in [9.17, 15) is 9.59 Å². The minimum Gasteiger partial charge on any atom is -0.467 e. The van der Waals surface area contributed by atoms with Crippen molar-refractivity contribution in [1.82, 2.24) is 5.32 Å². The lowest BCUT2D eigenvalue weighted by molar-refractivity contribution is -0.144. The van der Waals surface area contributed by atoms with Crippen molar-refractivity contribution < 1.29 is 14.3 Å². The summed E-state index contributed by atoms with van der Waals surface area (Å²) in [4.78, 5) is 22.0. The molecule has 0 bridgehead atoms.